The van der Waals surface area contributed by atoms with Crippen LogP contribution in [0.15, 0.2) is 67.1 Å². The SMILES string of the molecule is CC(C)(C)OC(=O)N1Cc2ccc(CNc3nccc(-c4nccc(C#Cc5ccc6c(cnn6C(=O)OC(C)(C)C)c5)n4)n3)cc2C1. The molecule has 1 amide bonds. The van der Waals surface area contributed by atoms with Crippen LogP contribution >= 0.6 is 0 Å². The van der Waals surface area contributed by atoms with E-state index in [1.165, 1.54) is 4.68 Å². The quantitative estimate of drug-likeness (QED) is 0.221. The summed E-state index contributed by atoms with van der Waals surface area (Å²) >= 11 is 0. The molecule has 0 saturated carbocycles. The van der Waals surface area contributed by atoms with Crippen LogP contribution in [0, 0.1) is 11.8 Å². The monoisotopic (exact) mass is 644 g/mol. The number of fused-ring (bicyclic) bond motifs is 2. The molecule has 1 aliphatic heterocycles. The molecule has 2 aromatic carbocycles. The van der Waals surface area contributed by atoms with Gasteiger partial charge < -0.3 is 14.8 Å². The molecule has 3 aromatic heterocycles. The number of nitrogens with zero attached hydrogens (tertiary/aromatic N) is 7. The molecule has 0 aliphatic carbocycles. The van der Waals surface area contributed by atoms with E-state index in [0.29, 0.717) is 48.3 Å². The number of carbonyl (C=O) groups excluding carboxylic acids is 2. The van der Waals surface area contributed by atoms with Gasteiger partial charge in [-0.05, 0) is 94.5 Å². The molecule has 0 bridgehead atoms. The minimum absolute atomic E-state index is 0.313. The molecule has 0 spiro atoms. The summed E-state index contributed by atoms with van der Waals surface area (Å²) in [5.74, 6) is 7.07. The van der Waals surface area contributed by atoms with Gasteiger partial charge in [-0.15, -0.1) is 0 Å². The fourth-order valence-electron chi connectivity index (χ4n) is 5.01. The standard InChI is InChI=1S/C36H36N8O4/c1-35(2,3)47-33(45)43-21-25-10-7-24(18-27(25)22-43)19-39-32-38-16-14-29(42-32)31-37-15-13-28(41-31)11-8-23-9-12-30-26(17-23)20-40-44(30)34(46)48-36(4,5)6/h7,9-10,12-18,20H,19,21-22H2,1-6H3,(H,38,39,42). The topological polar surface area (TPSA) is 137 Å². The van der Waals surface area contributed by atoms with E-state index in [1.807, 2.05) is 65.8 Å². The zero-order chi connectivity index (χ0) is 34.1. The fourth-order valence-corrected chi connectivity index (χ4v) is 5.01. The summed E-state index contributed by atoms with van der Waals surface area (Å²) in [6.45, 7) is 12.6. The van der Waals surface area contributed by atoms with Crippen LogP contribution in [-0.4, -0.2) is 58.0 Å². The Hall–Kier alpha value is -5.83. The Balaban J connectivity index is 1.11. The largest absolute Gasteiger partial charge is 0.444 e. The van der Waals surface area contributed by atoms with Crippen LogP contribution in [0.3, 0.4) is 0 Å². The molecule has 0 radical (unpaired) electrons. The maximum absolute atomic E-state index is 12.5. The third-order valence-electron chi connectivity index (χ3n) is 7.11. The van der Waals surface area contributed by atoms with Crippen LogP contribution in [0.25, 0.3) is 22.4 Å². The Kier molecular flexibility index (Phi) is 8.54. The second-order valence-electron chi connectivity index (χ2n) is 13.4. The highest BCUT2D eigenvalue weighted by Gasteiger charge is 2.28. The van der Waals surface area contributed by atoms with Crippen molar-refractivity contribution in [3.8, 4) is 23.4 Å². The summed E-state index contributed by atoms with van der Waals surface area (Å²) < 4.78 is 12.2. The maximum Gasteiger partial charge on any atom is 0.435 e. The number of hydrogen-bond donors (Lipinski definition) is 1. The second-order valence-corrected chi connectivity index (χ2v) is 13.4. The van der Waals surface area contributed by atoms with Crippen molar-refractivity contribution in [2.75, 3.05) is 5.32 Å². The molecule has 0 atom stereocenters. The van der Waals surface area contributed by atoms with Crippen molar-refractivity contribution < 1.29 is 19.1 Å². The molecule has 0 saturated heterocycles. The van der Waals surface area contributed by atoms with Crippen molar-refractivity contribution in [1.29, 1.82) is 0 Å². The molecule has 0 unspecified atom stereocenters. The Morgan fingerprint density at radius 1 is 0.833 bits per heavy atom. The van der Waals surface area contributed by atoms with Gasteiger partial charge in [0, 0.05) is 43.0 Å². The lowest BCUT2D eigenvalue weighted by molar-refractivity contribution is 0.0241. The average Bonchev–Trinajstić information content (AvgIpc) is 3.66. The normalized spacial score (nSPS) is 12.7. The number of carbonyl (C=O) groups is 2. The summed E-state index contributed by atoms with van der Waals surface area (Å²) in [5, 5.41) is 8.23. The van der Waals surface area contributed by atoms with Crippen LogP contribution in [0.5, 0.6) is 0 Å². The predicted octanol–water partition coefficient (Wildman–Crippen LogP) is 6.33. The van der Waals surface area contributed by atoms with E-state index in [2.05, 4.69) is 48.3 Å². The van der Waals surface area contributed by atoms with E-state index in [1.54, 1.807) is 41.7 Å². The number of benzene rings is 2. The molecular formula is C36H36N8O4. The lowest BCUT2D eigenvalue weighted by atomic mass is 10.1. The van der Waals surface area contributed by atoms with Crippen LogP contribution < -0.4 is 5.32 Å². The summed E-state index contributed by atoms with van der Waals surface area (Å²) in [5.41, 5.74) is 4.53. The van der Waals surface area contributed by atoms with Gasteiger partial charge in [-0.25, -0.2) is 29.5 Å². The molecule has 0 fully saturated rings. The highest BCUT2D eigenvalue weighted by molar-refractivity contribution is 5.88. The van der Waals surface area contributed by atoms with Crippen LogP contribution in [0.2, 0.25) is 0 Å². The van der Waals surface area contributed by atoms with Gasteiger partial charge in [-0.3, -0.25) is 4.90 Å². The highest BCUT2D eigenvalue weighted by Crippen LogP contribution is 2.26. The van der Waals surface area contributed by atoms with Crippen LogP contribution in [0.1, 0.15) is 69.5 Å². The number of nitrogens with one attached hydrogen (secondary N) is 1. The first kappa shape index (κ1) is 32.1. The van der Waals surface area contributed by atoms with Crippen molar-refractivity contribution in [2.45, 2.75) is 72.4 Å². The molecule has 1 N–H and O–H groups in total. The molecule has 1 aliphatic rings. The van der Waals surface area contributed by atoms with E-state index in [9.17, 15) is 9.59 Å². The van der Waals surface area contributed by atoms with Gasteiger partial charge in [0.05, 0.1) is 11.7 Å². The van der Waals surface area contributed by atoms with Crippen molar-refractivity contribution in [1.82, 2.24) is 34.6 Å². The lowest BCUT2D eigenvalue weighted by Gasteiger charge is -2.24. The van der Waals surface area contributed by atoms with Crippen LogP contribution in [-0.2, 0) is 29.1 Å². The summed E-state index contributed by atoms with van der Waals surface area (Å²) in [4.78, 5) is 44.7. The third-order valence-corrected chi connectivity index (χ3v) is 7.11. The minimum atomic E-state index is -0.626. The van der Waals surface area contributed by atoms with Gasteiger partial charge in [-0.2, -0.15) is 9.78 Å². The number of anilines is 1. The molecule has 4 heterocycles. The van der Waals surface area contributed by atoms with Gasteiger partial charge in [0.2, 0.25) is 5.95 Å². The Morgan fingerprint density at radius 3 is 2.38 bits per heavy atom. The van der Waals surface area contributed by atoms with Gasteiger partial charge >= 0.3 is 12.2 Å². The molecule has 12 nitrogen and oxygen atoms in total. The number of amides is 1. The van der Waals surface area contributed by atoms with E-state index >= 15 is 0 Å². The summed E-state index contributed by atoms with van der Waals surface area (Å²) in [7, 11) is 0. The predicted molar refractivity (Wildman–Crippen MR) is 180 cm³/mol. The first-order valence-electron chi connectivity index (χ1n) is 15.5. The fraction of sp³-hybridized carbons (Fsp3) is 0.306. The van der Waals surface area contributed by atoms with E-state index in [0.717, 1.165) is 27.6 Å². The summed E-state index contributed by atoms with van der Waals surface area (Å²) in [6, 6.07) is 15.1. The van der Waals surface area contributed by atoms with E-state index in [4.69, 9.17) is 9.47 Å². The Morgan fingerprint density at radius 2 is 1.58 bits per heavy atom. The molecular weight excluding hydrogens is 608 g/mol. The van der Waals surface area contributed by atoms with Crippen molar-refractivity contribution in [3.05, 3.63) is 95.1 Å². The van der Waals surface area contributed by atoms with Gasteiger partial charge in [-0.1, -0.05) is 24.1 Å². The Bertz CT molecular complexity index is 2080. The first-order chi connectivity index (χ1) is 22.8. The second kappa shape index (κ2) is 12.8. The van der Waals surface area contributed by atoms with Gasteiger partial charge in [0.25, 0.3) is 0 Å². The van der Waals surface area contributed by atoms with Crippen molar-refractivity contribution >= 4 is 29.0 Å². The summed E-state index contributed by atoms with van der Waals surface area (Å²) in [6.07, 6.45) is 4.05. The maximum atomic E-state index is 12.5. The number of rotatable bonds is 4. The zero-order valence-electron chi connectivity index (χ0n) is 27.7. The Labute approximate surface area is 278 Å². The molecule has 12 heteroatoms. The number of hydrogen-bond acceptors (Lipinski definition) is 10. The van der Waals surface area contributed by atoms with Gasteiger partial charge in [0.1, 0.15) is 22.6 Å². The zero-order valence-corrected chi connectivity index (χ0v) is 27.7. The smallest absolute Gasteiger partial charge is 0.435 e. The minimum Gasteiger partial charge on any atom is -0.444 e. The number of aromatic nitrogens is 6. The molecule has 48 heavy (non-hydrogen) atoms. The third kappa shape index (κ3) is 7.75. The van der Waals surface area contributed by atoms with E-state index < -0.39 is 17.3 Å². The lowest BCUT2D eigenvalue weighted by Crippen LogP contribution is -2.33. The number of ether oxygens (including phenoxy) is 2. The highest BCUT2D eigenvalue weighted by atomic mass is 16.6. The molecule has 6 rings (SSSR count). The first-order valence-corrected chi connectivity index (χ1v) is 15.5. The molecule has 5 aromatic rings. The van der Waals surface area contributed by atoms with Gasteiger partial charge in [0.15, 0.2) is 5.82 Å². The van der Waals surface area contributed by atoms with Crippen molar-refractivity contribution in [3.63, 3.8) is 0 Å². The van der Waals surface area contributed by atoms with Crippen molar-refractivity contribution in [2.24, 2.45) is 0 Å². The average molecular weight is 645 g/mol. The molecule has 244 valence electrons. The van der Waals surface area contributed by atoms with Crippen LogP contribution in [0.4, 0.5) is 15.5 Å². The van der Waals surface area contributed by atoms with E-state index in [-0.39, 0.29) is 6.09 Å².